The molecule has 0 heterocycles. The van der Waals surface area contributed by atoms with E-state index < -0.39 is 29.5 Å². The maximum absolute atomic E-state index is 13.8. The van der Waals surface area contributed by atoms with E-state index in [0.29, 0.717) is 12.8 Å². The lowest BCUT2D eigenvalue weighted by atomic mass is 10.1. The Labute approximate surface area is 106 Å². The predicted octanol–water partition coefficient (Wildman–Crippen LogP) is 3.02. The normalized spacial score (nSPS) is 11.2. The van der Waals surface area contributed by atoms with Crippen molar-refractivity contribution in [1.29, 1.82) is 0 Å². The minimum atomic E-state index is -5.30. The SMILES string of the molecule is CCCc1cccc(C(=O)OC(=O)C(F)(F)F)c1F. The minimum absolute atomic E-state index is 0.177. The fourth-order valence-corrected chi connectivity index (χ4v) is 1.40. The van der Waals surface area contributed by atoms with Crippen LogP contribution in [0, 0.1) is 5.82 Å². The highest BCUT2D eigenvalue weighted by atomic mass is 19.4. The number of halogens is 4. The van der Waals surface area contributed by atoms with Crippen molar-refractivity contribution in [2.75, 3.05) is 0 Å². The van der Waals surface area contributed by atoms with Crippen LogP contribution in [-0.4, -0.2) is 18.1 Å². The molecule has 1 aromatic rings. The van der Waals surface area contributed by atoms with E-state index in [1.165, 1.54) is 12.1 Å². The van der Waals surface area contributed by atoms with Gasteiger partial charge in [-0.3, -0.25) is 0 Å². The van der Waals surface area contributed by atoms with Crippen molar-refractivity contribution in [3.05, 3.63) is 35.1 Å². The second-order valence-corrected chi connectivity index (χ2v) is 3.70. The largest absolute Gasteiger partial charge is 0.491 e. The second kappa shape index (κ2) is 5.81. The lowest BCUT2D eigenvalue weighted by Crippen LogP contribution is -2.28. The van der Waals surface area contributed by atoms with Crippen molar-refractivity contribution in [3.63, 3.8) is 0 Å². The molecule has 3 nitrogen and oxygen atoms in total. The Hall–Kier alpha value is -1.92. The van der Waals surface area contributed by atoms with Crippen molar-refractivity contribution in [3.8, 4) is 0 Å². The molecule has 0 saturated heterocycles. The summed E-state index contributed by atoms with van der Waals surface area (Å²) in [5.74, 6) is -5.29. The van der Waals surface area contributed by atoms with Crippen LogP contribution in [0.3, 0.4) is 0 Å². The topological polar surface area (TPSA) is 43.4 Å². The first-order valence-corrected chi connectivity index (χ1v) is 5.38. The molecule has 0 aliphatic carbocycles. The van der Waals surface area contributed by atoms with Crippen molar-refractivity contribution >= 4 is 11.9 Å². The molecule has 7 heteroatoms. The monoisotopic (exact) mass is 278 g/mol. The van der Waals surface area contributed by atoms with Gasteiger partial charge in [-0.05, 0) is 18.1 Å². The molecule has 0 atom stereocenters. The van der Waals surface area contributed by atoms with Crippen LogP contribution >= 0.6 is 0 Å². The van der Waals surface area contributed by atoms with Crippen LogP contribution in [0.4, 0.5) is 17.6 Å². The summed E-state index contributed by atoms with van der Waals surface area (Å²) >= 11 is 0. The van der Waals surface area contributed by atoms with E-state index in [1.807, 2.05) is 0 Å². The number of ether oxygens (including phenoxy) is 1. The van der Waals surface area contributed by atoms with Crippen LogP contribution < -0.4 is 0 Å². The van der Waals surface area contributed by atoms with E-state index >= 15 is 0 Å². The fourth-order valence-electron chi connectivity index (χ4n) is 1.40. The molecule has 0 radical (unpaired) electrons. The first-order chi connectivity index (χ1) is 8.77. The molecule has 0 saturated carbocycles. The van der Waals surface area contributed by atoms with Gasteiger partial charge in [0.1, 0.15) is 5.82 Å². The molecular weight excluding hydrogens is 268 g/mol. The van der Waals surface area contributed by atoms with E-state index in [0.717, 1.165) is 6.07 Å². The van der Waals surface area contributed by atoms with Gasteiger partial charge in [-0.15, -0.1) is 0 Å². The number of benzene rings is 1. The van der Waals surface area contributed by atoms with Crippen LogP contribution in [0.5, 0.6) is 0 Å². The van der Waals surface area contributed by atoms with Gasteiger partial charge in [-0.1, -0.05) is 25.5 Å². The van der Waals surface area contributed by atoms with Gasteiger partial charge >= 0.3 is 18.1 Å². The van der Waals surface area contributed by atoms with Crippen molar-refractivity contribution in [1.82, 2.24) is 0 Å². The molecule has 1 rings (SSSR count). The number of carbonyl (C=O) groups excluding carboxylic acids is 2. The lowest BCUT2D eigenvalue weighted by Gasteiger charge is -2.08. The lowest BCUT2D eigenvalue weighted by molar-refractivity contribution is -0.193. The van der Waals surface area contributed by atoms with Gasteiger partial charge in [0.15, 0.2) is 0 Å². The molecule has 0 unspecified atom stereocenters. The quantitative estimate of drug-likeness (QED) is 0.485. The van der Waals surface area contributed by atoms with E-state index in [2.05, 4.69) is 4.74 Å². The first kappa shape index (κ1) is 15.1. The second-order valence-electron chi connectivity index (χ2n) is 3.70. The van der Waals surface area contributed by atoms with E-state index in [-0.39, 0.29) is 5.56 Å². The number of alkyl halides is 3. The maximum Gasteiger partial charge on any atom is 0.491 e. The Kier molecular flexibility index (Phi) is 4.63. The fraction of sp³-hybridized carbons (Fsp3) is 0.333. The Morgan fingerprint density at radius 2 is 1.89 bits per heavy atom. The van der Waals surface area contributed by atoms with Gasteiger partial charge in [0.2, 0.25) is 0 Å². The number of rotatable bonds is 3. The third kappa shape index (κ3) is 3.77. The van der Waals surface area contributed by atoms with Gasteiger partial charge in [0.05, 0.1) is 5.56 Å². The van der Waals surface area contributed by atoms with Crippen LogP contribution in [0.15, 0.2) is 18.2 Å². The zero-order chi connectivity index (χ0) is 14.6. The summed E-state index contributed by atoms with van der Waals surface area (Å²) in [5.41, 5.74) is -0.514. The molecule has 0 aliphatic rings. The summed E-state index contributed by atoms with van der Waals surface area (Å²) in [4.78, 5) is 21.8. The average molecular weight is 278 g/mol. The summed E-state index contributed by atoms with van der Waals surface area (Å²) < 4.78 is 53.1. The van der Waals surface area contributed by atoms with Crippen LogP contribution in [0.25, 0.3) is 0 Å². The number of hydrogen-bond acceptors (Lipinski definition) is 3. The Bertz CT molecular complexity index is 494. The molecule has 1 aromatic carbocycles. The molecule has 0 spiro atoms. The first-order valence-electron chi connectivity index (χ1n) is 5.38. The molecule has 0 aliphatic heterocycles. The molecular formula is C12H10F4O3. The highest BCUT2D eigenvalue weighted by Crippen LogP contribution is 2.20. The van der Waals surface area contributed by atoms with Crippen molar-refractivity contribution in [2.45, 2.75) is 25.9 Å². The molecule has 104 valence electrons. The van der Waals surface area contributed by atoms with Gasteiger partial charge in [0.25, 0.3) is 0 Å². The van der Waals surface area contributed by atoms with Gasteiger partial charge in [0, 0.05) is 0 Å². The summed E-state index contributed by atoms with van der Waals surface area (Å²) in [6.45, 7) is 1.78. The summed E-state index contributed by atoms with van der Waals surface area (Å²) in [6.07, 6.45) is -4.38. The zero-order valence-corrected chi connectivity index (χ0v) is 9.88. The van der Waals surface area contributed by atoms with Gasteiger partial charge in [-0.25, -0.2) is 14.0 Å². The summed E-state index contributed by atoms with van der Waals surface area (Å²) in [6, 6.07) is 3.67. The van der Waals surface area contributed by atoms with E-state index in [4.69, 9.17) is 0 Å². The number of esters is 2. The zero-order valence-electron chi connectivity index (χ0n) is 9.88. The molecule has 19 heavy (non-hydrogen) atoms. The molecule has 0 aromatic heterocycles. The highest BCUT2D eigenvalue weighted by Gasteiger charge is 2.42. The molecule has 0 bridgehead atoms. The summed E-state index contributed by atoms with van der Waals surface area (Å²) in [7, 11) is 0. The van der Waals surface area contributed by atoms with Gasteiger partial charge in [-0.2, -0.15) is 13.2 Å². The molecule has 0 N–H and O–H groups in total. The van der Waals surface area contributed by atoms with Crippen molar-refractivity contribution < 1.29 is 31.9 Å². The minimum Gasteiger partial charge on any atom is -0.383 e. The van der Waals surface area contributed by atoms with Crippen LogP contribution in [-0.2, 0) is 16.0 Å². The van der Waals surface area contributed by atoms with E-state index in [1.54, 1.807) is 6.92 Å². The smallest absolute Gasteiger partial charge is 0.383 e. The Balaban J connectivity index is 2.95. The van der Waals surface area contributed by atoms with E-state index in [9.17, 15) is 27.2 Å². The standard InChI is InChI=1S/C12H10F4O3/c1-2-4-7-5-3-6-8(9(7)13)10(17)19-11(18)12(14,15)16/h3,5-6H,2,4H2,1H3. The Morgan fingerprint density at radius 3 is 2.42 bits per heavy atom. The summed E-state index contributed by atoms with van der Waals surface area (Å²) in [5, 5.41) is 0. The average Bonchev–Trinajstić information content (AvgIpc) is 2.30. The predicted molar refractivity (Wildman–Crippen MR) is 56.9 cm³/mol. The van der Waals surface area contributed by atoms with Crippen molar-refractivity contribution in [2.24, 2.45) is 0 Å². The molecule has 0 amide bonds. The van der Waals surface area contributed by atoms with Gasteiger partial charge < -0.3 is 4.74 Å². The van der Waals surface area contributed by atoms with Crippen LogP contribution in [0.1, 0.15) is 29.3 Å². The third-order valence-electron chi connectivity index (χ3n) is 2.23. The highest BCUT2D eigenvalue weighted by molar-refractivity contribution is 5.98. The molecule has 0 fully saturated rings. The number of hydrogen-bond donors (Lipinski definition) is 0. The van der Waals surface area contributed by atoms with Crippen LogP contribution in [0.2, 0.25) is 0 Å². The Morgan fingerprint density at radius 1 is 1.26 bits per heavy atom. The third-order valence-corrected chi connectivity index (χ3v) is 2.23. The number of aryl methyl sites for hydroxylation is 1. The maximum atomic E-state index is 13.8. The number of carbonyl (C=O) groups is 2.